The SMILES string of the molecule is CC(C)CCN1CC[C@H](Nc2ccc3c(=O)[nH]ccc3c2)C1. The van der Waals surface area contributed by atoms with E-state index in [1.54, 1.807) is 6.20 Å². The van der Waals surface area contributed by atoms with E-state index in [1.165, 1.54) is 25.9 Å². The molecule has 22 heavy (non-hydrogen) atoms. The lowest BCUT2D eigenvalue weighted by Crippen LogP contribution is -2.27. The topological polar surface area (TPSA) is 48.1 Å². The van der Waals surface area contributed by atoms with E-state index in [9.17, 15) is 4.79 Å². The molecule has 1 aromatic heterocycles. The van der Waals surface area contributed by atoms with Crippen molar-refractivity contribution < 1.29 is 0 Å². The number of nitrogens with zero attached hydrogens (tertiary/aromatic N) is 1. The van der Waals surface area contributed by atoms with Crippen molar-refractivity contribution in [2.75, 3.05) is 25.0 Å². The third-order valence-corrected chi connectivity index (χ3v) is 4.44. The van der Waals surface area contributed by atoms with Crippen LogP contribution >= 0.6 is 0 Å². The first-order valence-electron chi connectivity index (χ1n) is 8.22. The number of likely N-dealkylation sites (tertiary alicyclic amines) is 1. The Morgan fingerprint density at radius 3 is 3.05 bits per heavy atom. The van der Waals surface area contributed by atoms with Crippen molar-refractivity contribution in [3.05, 3.63) is 40.8 Å². The van der Waals surface area contributed by atoms with Gasteiger partial charge >= 0.3 is 0 Å². The van der Waals surface area contributed by atoms with Gasteiger partial charge in [0, 0.05) is 36.4 Å². The molecule has 1 atom stereocenters. The summed E-state index contributed by atoms with van der Waals surface area (Å²) in [4.78, 5) is 17.0. The normalized spacial score (nSPS) is 19.1. The molecule has 4 nitrogen and oxygen atoms in total. The number of rotatable bonds is 5. The van der Waals surface area contributed by atoms with Crippen LogP contribution in [0.5, 0.6) is 0 Å². The first-order chi connectivity index (χ1) is 10.6. The van der Waals surface area contributed by atoms with Gasteiger partial charge in [0.2, 0.25) is 0 Å². The van der Waals surface area contributed by atoms with E-state index in [0.29, 0.717) is 6.04 Å². The van der Waals surface area contributed by atoms with Crippen LogP contribution in [0.3, 0.4) is 0 Å². The number of benzene rings is 1. The van der Waals surface area contributed by atoms with E-state index < -0.39 is 0 Å². The number of H-pyrrole nitrogens is 1. The number of aromatic nitrogens is 1. The molecule has 2 aromatic rings. The van der Waals surface area contributed by atoms with E-state index in [2.05, 4.69) is 35.1 Å². The van der Waals surface area contributed by atoms with Crippen molar-refractivity contribution in [2.45, 2.75) is 32.7 Å². The zero-order valence-corrected chi connectivity index (χ0v) is 13.4. The van der Waals surface area contributed by atoms with E-state index >= 15 is 0 Å². The van der Waals surface area contributed by atoms with Crippen LogP contribution in [-0.2, 0) is 0 Å². The van der Waals surface area contributed by atoms with Gasteiger partial charge in [0.05, 0.1) is 0 Å². The second-order valence-electron chi connectivity index (χ2n) is 6.72. The van der Waals surface area contributed by atoms with Gasteiger partial charge in [0.25, 0.3) is 5.56 Å². The largest absolute Gasteiger partial charge is 0.381 e. The molecule has 1 fully saturated rings. The van der Waals surface area contributed by atoms with Crippen LogP contribution in [0.1, 0.15) is 26.7 Å². The number of hydrogen-bond acceptors (Lipinski definition) is 3. The average molecular weight is 299 g/mol. The van der Waals surface area contributed by atoms with E-state index in [0.717, 1.165) is 28.9 Å². The van der Waals surface area contributed by atoms with Crippen molar-refractivity contribution in [2.24, 2.45) is 5.92 Å². The molecule has 118 valence electrons. The second-order valence-corrected chi connectivity index (χ2v) is 6.72. The molecule has 4 heteroatoms. The maximum atomic E-state index is 11.7. The molecule has 0 radical (unpaired) electrons. The Morgan fingerprint density at radius 1 is 1.36 bits per heavy atom. The van der Waals surface area contributed by atoms with Gasteiger partial charge in [0.15, 0.2) is 0 Å². The summed E-state index contributed by atoms with van der Waals surface area (Å²) in [6.45, 7) is 8.05. The molecular weight excluding hydrogens is 274 g/mol. The molecule has 0 unspecified atom stereocenters. The number of anilines is 1. The van der Waals surface area contributed by atoms with Crippen molar-refractivity contribution in [1.29, 1.82) is 0 Å². The monoisotopic (exact) mass is 299 g/mol. The van der Waals surface area contributed by atoms with E-state index in [1.807, 2.05) is 18.2 Å². The smallest absolute Gasteiger partial charge is 0.255 e. The molecule has 0 saturated carbocycles. The predicted molar refractivity (Wildman–Crippen MR) is 92.5 cm³/mol. The summed E-state index contributed by atoms with van der Waals surface area (Å²) in [7, 11) is 0. The van der Waals surface area contributed by atoms with Gasteiger partial charge in [-0.15, -0.1) is 0 Å². The molecule has 0 aliphatic carbocycles. The summed E-state index contributed by atoms with van der Waals surface area (Å²) in [5.74, 6) is 0.769. The number of fused-ring (bicyclic) bond motifs is 1. The molecular formula is C18H25N3O. The van der Waals surface area contributed by atoms with Gasteiger partial charge in [-0.25, -0.2) is 0 Å². The van der Waals surface area contributed by atoms with Crippen molar-refractivity contribution in [1.82, 2.24) is 9.88 Å². The fraction of sp³-hybridized carbons (Fsp3) is 0.500. The number of aromatic amines is 1. The average Bonchev–Trinajstić information content (AvgIpc) is 2.93. The van der Waals surface area contributed by atoms with Crippen LogP contribution in [0.15, 0.2) is 35.3 Å². The molecule has 0 bridgehead atoms. The number of hydrogen-bond donors (Lipinski definition) is 2. The van der Waals surface area contributed by atoms with Crippen LogP contribution < -0.4 is 10.9 Å². The molecule has 1 saturated heterocycles. The summed E-state index contributed by atoms with van der Waals surface area (Å²) in [6.07, 6.45) is 4.16. The lowest BCUT2D eigenvalue weighted by atomic mass is 10.1. The Labute approximate surface area is 131 Å². The second kappa shape index (κ2) is 6.53. The maximum absolute atomic E-state index is 11.7. The van der Waals surface area contributed by atoms with Crippen LogP contribution in [0.4, 0.5) is 5.69 Å². The first kappa shape index (κ1) is 15.1. The molecule has 1 aromatic carbocycles. The molecule has 3 rings (SSSR count). The van der Waals surface area contributed by atoms with Crippen molar-refractivity contribution in [3.8, 4) is 0 Å². The Kier molecular flexibility index (Phi) is 4.48. The zero-order chi connectivity index (χ0) is 15.5. The van der Waals surface area contributed by atoms with Gasteiger partial charge in [0.1, 0.15) is 0 Å². The lowest BCUT2D eigenvalue weighted by Gasteiger charge is -2.18. The minimum Gasteiger partial charge on any atom is -0.381 e. The van der Waals surface area contributed by atoms with Gasteiger partial charge in [-0.1, -0.05) is 13.8 Å². The quantitative estimate of drug-likeness (QED) is 0.892. The van der Waals surface area contributed by atoms with Gasteiger partial charge in [-0.2, -0.15) is 0 Å². The van der Waals surface area contributed by atoms with Gasteiger partial charge in [-0.05, 0) is 55.0 Å². The van der Waals surface area contributed by atoms with Gasteiger partial charge in [-0.3, -0.25) is 4.79 Å². The third-order valence-electron chi connectivity index (χ3n) is 4.44. The summed E-state index contributed by atoms with van der Waals surface area (Å²) >= 11 is 0. The highest BCUT2D eigenvalue weighted by Gasteiger charge is 2.22. The molecule has 1 aliphatic heterocycles. The summed E-state index contributed by atoms with van der Waals surface area (Å²) in [5, 5.41) is 5.35. The number of pyridine rings is 1. The molecule has 1 aliphatic rings. The zero-order valence-electron chi connectivity index (χ0n) is 13.4. The minimum atomic E-state index is -0.0234. The molecule has 0 spiro atoms. The summed E-state index contributed by atoms with van der Waals surface area (Å²) < 4.78 is 0. The van der Waals surface area contributed by atoms with Crippen LogP contribution in [0, 0.1) is 5.92 Å². The van der Waals surface area contributed by atoms with E-state index in [4.69, 9.17) is 0 Å². The van der Waals surface area contributed by atoms with Crippen LogP contribution in [-0.4, -0.2) is 35.6 Å². The summed E-state index contributed by atoms with van der Waals surface area (Å²) in [6, 6.07) is 8.44. The van der Waals surface area contributed by atoms with Crippen LogP contribution in [0.2, 0.25) is 0 Å². The van der Waals surface area contributed by atoms with Gasteiger partial charge < -0.3 is 15.2 Å². The van der Waals surface area contributed by atoms with Crippen molar-refractivity contribution in [3.63, 3.8) is 0 Å². The van der Waals surface area contributed by atoms with Crippen LogP contribution in [0.25, 0.3) is 10.8 Å². The highest BCUT2D eigenvalue weighted by atomic mass is 16.1. The Hall–Kier alpha value is -1.81. The Morgan fingerprint density at radius 2 is 2.23 bits per heavy atom. The van der Waals surface area contributed by atoms with E-state index in [-0.39, 0.29) is 5.56 Å². The lowest BCUT2D eigenvalue weighted by molar-refractivity contribution is 0.311. The number of nitrogens with one attached hydrogen (secondary N) is 2. The van der Waals surface area contributed by atoms with Crippen molar-refractivity contribution >= 4 is 16.5 Å². The first-order valence-corrected chi connectivity index (χ1v) is 8.22. The Bertz CT molecular complexity index is 692. The summed E-state index contributed by atoms with van der Waals surface area (Å²) in [5.41, 5.74) is 1.08. The standard InChI is InChI=1S/C18H25N3O/c1-13(2)6-9-21-10-7-16(12-21)20-15-3-4-17-14(11-15)5-8-19-18(17)22/h3-5,8,11,13,16,20H,6-7,9-10,12H2,1-2H3,(H,19,22)/t16-/m0/s1. The molecule has 2 heterocycles. The molecule has 0 amide bonds. The third kappa shape index (κ3) is 3.50. The minimum absolute atomic E-state index is 0.0234. The fourth-order valence-electron chi connectivity index (χ4n) is 3.11. The highest BCUT2D eigenvalue weighted by molar-refractivity contribution is 5.84. The fourth-order valence-corrected chi connectivity index (χ4v) is 3.11. The maximum Gasteiger partial charge on any atom is 0.255 e. The predicted octanol–water partition coefficient (Wildman–Crippen LogP) is 3.06. The highest BCUT2D eigenvalue weighted by Crippen LogP contribution is 2.20. The Balaban J connectivity index is 1.63. The molecule has 2 N–H and O–H groups in total.